The number of furan rings is 1. The van der Waals surface area contributed by atoms with Crippen LogP contribution in [-0.4, -0.2) is 58.1 Å². The summed E-state index contributed by atoms with van der Waals surface area (Å²) in [5.74, 6) is 0.812. The van der Waals surface area contributed by atoms with Crippen molar-refractivity contribution in [3.8, 4) is 5.75 Å². The summed E-state index contributed by atoms with van der Waals surface area (Å²) in [5, 5.41) is 41.3. The van der Waals surface area contributed by atoms with Gasteiger partial charge in [-0.2, -0.15) is 0 Å². The summed E-state index contributed by atoms with van der Waals surface area (Å²) in [7, 11) is 0. The predicted octanol–water partition coefficient (Wildman–Crippen LogP) is 2.25. The van der Waals surface area contributed by atoms with E-state index in [4.69, 9.17) is 13.9 Å². The molecule has 2 aromatic carbocycles. The number of aliphatic hydroxyl groups excluding tert-OH is 4. The monoisotopic (exact) mass is 428 g/mol. The Bertz CT molecular complexity index is 1020. The standard InChI is InChI=1S/C24H28O7/c1-3-29-16-6-4-14(5-7-16)10-15-11-18(17-8-9-30-23(17)13(15)2)24-22(28)21(27)20(26)19(12-25)31-24/h4-9,11,19-22,24-28H,3,10,12H2,1-2H3. The Balaban J connectivity index is 1.73. The van der Waals surface area contributed by atoms with E-state index in [9.17, 15) is 20.4 Å². The van der Waals surface area contributed by atoms with Crippen LogP contribution in [0.15, 0.2) is 47.1 Å². The molecular weight excluding hydrogens is 400 g/mol. The van der Waals surface area contributed by atoms with E-state index in [-0.39, 0.29) is 0 Å². The average molecular weight is 428 g/mol. The van der Waals surface area contributed by atoms with E-state index in [0.29, 0.717) is 24.2 Å². The highest BCUT2D eigenvalue weighted by Gasteiger charge is 2.44. The van der Waals surface area contributed by atoms with Gasteiger partial charge in [0.25, 0.3) is 0 Å². The molecule has 166 valence electrons. The molecule has 0 spiro atoms. The molecular formula is C24H28O7. The first kappa shape index (κ1) is 21.8. The van der Waals surface area contributed by atoms with E-state index in [0.717, 1.165) is 27.8 Å². The average Bonchev–Trinajstić information content (AvgIpc) is 3.27. The molecule has 7 nitrogen and oxygen atoms in total. The van der Waals surface area contributed by atoms with Crippen molar-refractivity contribution >= 4 is 11.0 Å². The lowest BCUT2D eigenvalue weighted by Crippen LogP contribution is -2.55. The van der Waals surface area contributed by atoms with Gasteiger partial charge in [-0.1, -0.05) is 18.2 Å². The summed E-state index contributed by atoms with van der Waals surface area (Å²) >= 11 is 0. The second-order valence-electron chi connectivity index (χ2n) is 7.92. The quantitative estimate of drug-likeness (QED) is 0.476. The van der Waals surface area contributed by atoms with E-state index in [2.05, 4.69) is 0 Å². The molecule has 1 aliphatic heterocycles. The van der Waals surface area contributed by atoms with Crippen LogP contribution in [0.4, 0.5) is 0 Å². The van der Waals surface area contributed by atoms with Crippen LogP contribution in [0.2, 0.25) is 0 Å². The fraction of sp³-hybridized carbons (Fsp3) is 0.417. The minimum atomic E-state index is -1.44. The lowest BCUT2D eigenvalue weighted by molar-refractivity contribution is -0.231. The maximum Gasteiger partial charge on any atom is 0.137 e. The summed E-state index contributed by atoms with van der Waals surface area (Å²) in [5.41, 5.74) is 4.36. The molecule has 4 rings (SSSR count). The van der Waals surface area contributed by atoms with E-state index in [1.807, 2.05) is 44.2 Å². The molecule has 1 aliphatic rings. The van der Waals surface area contributed by atoms with E-state index in [1.54, 1.807) is 12.3 Å². The highest BCUT2D eigenvalue weighted by atomic mass is 16.5. The maximum atomic E-state index is 10.6. The Morgan fingerprint density at radius 1 is 1.00 bits per heavy atom. The lowest BCUT2D eigenvalue weighted by atomic mass is 9.87. The summed E-state index contributed by atoms with van der Waals surface area (Å²) < 4.78 is 17.0. The third-order valence-electron chi connectivity index (χ3n) is 5.96. The van der Waals surface area contributed by atoms with Crippen LogP contribution in [-0.2, 0) is 11.2 Å². The van der Waals surface area contributed by atoms with Gasteiger partial charge in [0.15, 0.2) is 0 Å². The summed E-state index contributed by atoms with van der Waals surface area (Å²) in [6.07, 6.45) is -3.88. The fourth-order valence-electron chi connectivity index (χ4n) is 4.21. The van der Waals surface area contributed by atoms with Crippen LogP contribution < -0.4 is 4.74 Å². The van der Waals surface area contributed by atoms with Crippen LogP contribution in [0.1, 0.15) is 35.3 Å². The smallest absolute Gasteiger partial charge is 0.137 e. The Morgan fingerprint density at radius 3 is 2.42 bits per heavy atom. The minimum absolute atomic E-state index is 0.471. The van der Waals surface area contributed by atoms with Crippen molar-refractivity contribution in [3.05, 3.63) is 64.9 Å². The highest BCUT2D eigenvalue weighted by molar-refractivity contribution is 5.85. The molecule has 7 heteroatoms. The van der Waals surface area contributed by atoms with Crippen molar-refractivity contribution in [3.63, 3.8) is 0 Å². The van der Waals surface area contributed by atoms with Crippen LogP contribution in [0.25, 0.3) is 11.0 Å². The Kier molecular flexibility index (Phi) is 6.31. The molecule has 5 unspecified atom stereocenters. The van der Waals surface area contributed by atoms with E-state index < -0.39 is 37.1 Å². The van der Waals surface area contributed by atoms with Gasteiger partial charge in [0, 0.05) is 5.39 Å². The molecule has 4 N–H and O–H groups in total. The summed E-state index contributed by atoms with van der Waals surface area (Å²) in [6, 6.07) is 11.6. The molecule has 0 saturated carbocycles. The van der Waals surface area contributed by atoms with Gasteiger partial charge in [-0.05, 0) is 60.7 Å². The molecule has 1 fully saturated rings. The second kappa shape index (κ2) is 8.98. The third kappa shape index (κ3) is 4.07. The van der Waals surface area contributed by atoms with Crippen molar-refractivity contribution < 1.29 is 34.3 Å². The van der Waals surface area contributed by atoms with Gasteiger partial charge in [-0.3, -0.25) is 0 Å². The van der Waals surface area contributed by atoms with Gasteiger partial charge in [-0.25, -0.2) is 0 Å². The number of fused-ring (bicyclic) bond motifs is 1. The lowest BCUT2D eigenvalue weighted by Gasteiger charge is -2.40. The summed E-state index contributed by atoms with van der Waals surface area (Å²) in [4.78, 5) is 0. The molecule has 2 heterocycles. The third-order valence-corrected chi connectivity index (χ3v) is 5.96. The number of ether oxygens (including phenoxy) is 2. The van der Waals surface area contributed by atoms with Crippen LogP contribution in [0.3, 0.4) is 0 Å². The molecule has 31 heavy (non-hydrogen) atoms. The molecule has 0 aliphatic carbocycles. The zero-order chi connectivity index (χ0) is 22.1. The van der Waals surface area contributed by atoms with E-state index in [1.165, 1.54) is 0 Å². The van der Waals surface area contributed by atoms with Crippen molar-refractivity contribution in [2.45, 2.75) is 50.8 Å². The molecule has 5 atom stereocenters. The van der Waals surface area contributed by atoms with Crippen molar-refractivity contribution in [1.82, 2.24) is 0 Å². The predicted molar refractivity (Wildman–Crippen MR) is 114 cm³/mol. The molecule has 1 aromatic heterocycles. The molecule has 1 saturated heterocycles. The number of hydrogen-bond acceptors (Lipinski definition) is 7. The van der Waals surface area contributed by atoms with Crippen LogP contribution in [0, 0.1) is 6.92 Å². The van der Waals surface area contributed by atoms with Crippen LogP contribution in [0.5, 0.6) is 5.75 Å². The van der Waals surface area contributed by atoms with Crippen molar-refractivity contribution in [2.24, 2.45) is 0 Å². The Labute approximate surface area is 180 Å². The number of aliphatic hydroxyl groups is 4. The van der Waals surface area contributed by atoms with Gasteiger partial charge in [0.05, 0.1) is 19.5 Å². The molecule has 3 aromatic rings. The first-order valence-electron chi connectivity index (χ1n) is 10.5. The molecule has 0 radical (unpaired) electrons. The van der Waals surface area contributed by atoms with Gasteiger partial charge in [0.2, 0.25) is 0 Å². The minimum Gasteiger partial charge on any atom is -0.494 e. The number of benzene rings is 2. The van der Waals surface area contributed by atoms with Crippen molar-refractivity contribution in [1.29, 1.82) is 0 Å². The number of aryl methyl sites for hydroxylation is 1. The first-order chi connectivity index (χ1) is 14.9. The SMILES string of the molecule is CCOc1ccc(Cc2cc(C3OC(CO)C(O)C(O)C3O)c3ccoc3c2C)cc1. The molecule has 0 bridgehead atoms. The largest absolute Gasteiger partial charge is 0.494 e. The number of rotatable bonds is 6. The van der Waals surface area contributed by atoms with Gasteiger partial charge < -0.3 is 34.3 Å². The normalized spacial score (nSPS) is 26.3. The van der Waals surface area contributed by atoms with Gasteiger partial charge >= 0.3 is 0 Å². The summed E-state index contributed by atoms with van der Waals surface area (Å²) in [6.45, 7) is 4.06. The van der Waals surface area contributed by atoms with E-state index >= 15 is 0 Å². The maximum absolute atomic E-state index is 10.6. The van der Waals surface area contributed by atoms with Gasteiger partial charge in [-0.15, -0.1) is 0 Å². The van der Waals surface area contributed by atoms with Gasteiger partial charge in [0.1, 0.15) is 41.9 Å². The van der Waals surface area contributed by atoms with Crippen molar-refractivity contribution in [2.75, 3.05) is 13.2 Å². The molecule has 0 amide bonds. The number of hydrogen-bond donors (Lipinski definition) is 4. The Morgan fingerprint density at radius 2 is 1.74 bits per heavy atom. The zero-order valence-corrected chi connectivity index (χ0v) is 17.6. The Hall–Kier alpha value is -2.42. The highest BCUT2D eigenvalue weighted by Crippen LogP contribution is 2.39. The topological polar surface area (TPSA) is 113 Å². The second-order valence-corrected chi connectivity index (χ2v) is 7.92. The zero-order valence-electron chi connectivity index (χ0n) is 17.6. The first-order valence-corrected chi connectivity index (χ1v) is 10.5. The fourth-order valence-corrected chi connectivity index (χ4v) is 4.21. The van der Waals surface area contributed by atoms with Crippen LogP contribution >= 0.6 is 0 Å².